The second-order valence-corrected chi connectivity index (χ2v) is 4.41. The van der Waals surface area contributed by atoms with E-state index in [1.165, 1.54) is 0 Å². The lowest BCUT2D eigenvalue weighted by Gasteiger charge is -2.33. The van der Waals surface area contributed by atoms with E-state index in [2.05, 4.69) is 0 Å². The van der Waals surface area contributed by atoms with Gasteiger partial charge in [-0.15, -0.1) is 0 Å². The molecule has 0 bridgehead atoms. The summed E-state index contributed by atoms with van der Waals surface area (Å²) in [6.45, 7) is 1.20. The zero-order chi connectivity index (χ0) is 13.1. The zero-order valence-electron chi connectivity index (χ0n) is 10.2. The molecule has 1 aliphatic rings. The Bertz CT molecular complexity index is 422. The van der Waals surface area contributed by atoms with E-state index >= 15 is 0 Å². The molecule has 1 aromatic rings. The summed E-state index contributed by atoms with van der Waals surface area (Å²) < 4.78 is 32.9. The number of aldehydes is 1. The van der Waals surface area contributed by atoms with Gasteiger partial charge in [-0.3, -0.25) is 4.79 Å². The fourth-order valence-electron chi connectivity index (χ4n) is 2.25. The molecule has 18 heavy (non-hydrogen) atoms. The molecule has 0 unspecified atom stereocenters. The van der Waals surface area contributed by atoms with Crippen LogP contribution in [0, 0.1) is 11.6 Å². The maximum absolute atomic E-state index is 13.8. The minimum Gasteiger partial charge on any atom is -0.381 e. The summed E-state index contributed by atoms with van der Waals surface area (Å²) in [5, 5.41) is 0. The number of hydrogen-bond acceptors (Lipinski definition) is 3. The fourth-order valence-corrected chi connectivity index (χ4v) is 2.25. The Kier molecular flexibility index (Phi) is 3.91. The number of nitrogens with zero attached hydrogens (tertiary/aromatic N) is 1. The third kappa shape index (κ3) is 2.51. The minimum absolute atomic E-state index is 0.00845. The smallest absolute Gasteiger partial charge is 0.150 e. The van der Waals surface area contributed by atoms with Crippen LogP contribution in [0.15, 0.2) is 12.1 Å². The van der Waals surface area contributed by atoms with Gasteiger partial charge >= 0.3 is 0 Å². The second-order valence-electron chi connectivity index (χ2n) is 4.41. The summed E-state index contributed by atoms with van der Waals surface area (Å²) in [6, 6.07) is 2.17. The fraction of sp³-hybridized carbons (Fsp3) is 0.462. The lowest BCUT2D eigenvalue weighted by Crippen LogP contribution is -2.37. The van der Waals surface area contributed by atoms with Crippen molar-refractivity contribution < 1.29 is 18.3 Å². The number of benzene rings is 1. The lowest BCUT2D eigenvalue weighted by molar-refractivity contribution is 0.0852. The molecule has 98 valence electrons. The molecule has 1 saturated heterocycles. The third-order valence-electron chi connectivity index (χ3n) is 3.27. The first-order valence-corrected chi connectivity index (χ1v) is 5.88. The van der Waals surface area contributed by atoms with E-state index in [0.29, 0.717) is 19.5 Å². The van der Waals surface area contributed by atoms with Gasteiger partial charge in [-0.05, 0) is 25.0 Å². The van der Waals surface area contributed by atoms with Crippen LogP contribution in [-0.4, -0.2) is 32.6 Å². The molecule has 0 N–H and O–H groups in total. The molecule has 0 saturated carbocycles. The quantitative estimate of drug-likeness (QED) is 0.777. The zero-order valence-corrected chi connectivity index (χ0v) is 10.2. The van der Waals surface area contributed by atoms with Crippen molar-refractivity contribution in [2.45, 2.75) is 18.9 Å². The molecule has 1 heterocycles. The van der Waals surface area contributed by atoms with Crippen LogP contribution in [0.4, 0.5) is 14.5 Å². The van der Waals surface area contributed by atoms with Gasteiger partial charge < -0.3 is 9.64 Å². The molecule has 1 aliphatic heterocycles. The Hall–Kier alpha value is -1.49. The van der Waals surface area contributed by atoms with Crippen molar-refractivity contribution in [3.05, 3.63) is 29.3 Å². The Morgan fingerprint density at radius 1 is 1.28 bits per heavy atom. The Morgan fingerprint density at radius 3 is 2.33 bits per heavy atom. The largest absolute Gasteiger partial charge is 0.381 e. The summed E-state index contributed by atoms with van der Waals surface area (Å²) in [7, 11) is 1.66. The number of anilines is 1. The number of halogens is 2. The molecular formula is C13H15F2NO2. The van der Waals surface area contributed by atoms with E-state index in [1.54, 1.807) is 11.9 Å². The topological polar surface area (TPSA) is 29.5 Å². The Morgan fingerprint density at radius 2 is 1.83 bits per heavy atom. The SMILES string of the molecule is CN(c1c(F)cc(C=O)cc1F)C1CCOCC1. The molecule has 0 radical (unpaired) electrons. The predicted molar refractivity (Wildman–Crippen MR) is 64.0 cm³/mol. The number of rotatable bonds is 3. The highest BCUT2D eigenvalue weighted by atomic mass is 19.1. The average Bonchev–Trinajstić information content (AvgIpc) is 2.38. The van der Waals surface area contributed by atoms with E-state index in [4.69, 9.17) is 4.74 Å². The summed E-state index contributed by atoms with van der Waals surface area (Å²) in [5.74, 6) is -1.41. The molecule has 2 rings (SSSR count). The van der Waals surface area contributed by atoms with Crippen LogP contribution in [0.2, 0.25) is 0 Å². The van der Waals surface area contributed by atoms with Crippen molar-refractivity contribution in [2.24, 2.45) is 0 Å². The van der Waals surface area contributed by atoms with E-state index in [0.717, 1.165) is 25.0 Å². The van der Waals surface area contributed by atoms with E-state index in [-0.39, 0.29) is 17.3 Å². The van der Waals surface area contributed by atoms with Crippen molar-refractivity contribution in [1.29, 1.82) is 0 Å². The monoisotopic (exact) mass is 255 g/mol. The van der Waals surface area contributed by atoms with Gasteiger partial charge in [0.1, 0.15) is 23.6 Å². The van der Waals surface area contributed by atoms with Crippen molar-refractivity contribution in [2.75, 3.05) is 25.2 Å². The standard InChI is InChI=1S/C13H15F2NO2/c1-16(10-2-4-18-5-3-10)13-11(14)6-9(8-17)7-12(13)15/h6-8,10H,2-5H2,1H3. The lowest BCUT2D eigenvalue weighted by atomic mass is 10.1. The molecule has 0 spiro atoms. The van der Waals surface area contributed by atoms with Crippen molar-refractivity contribution in [3.8, 4) is 0 Å². The predicted octanol–water partition coefficient (Wildman–Crippen LogP) is 2.39. The van der Waals surface area contributed by atoms with Gasteiger partial charge in [0, 0.05) is 31.9 Å². The summed E-state index contributed by atoms with van der Waals surface area (Å²) in [6.07, 6.45) is 1.92. The summed E-state index contributed by atoms with van der Waals surface area (Å²) in [5.41, 5.74) is -0.0679. The van der Waals surface area contributed by atoms with Gasteiger partial charge in [0.05, 0.1) is 0 Å². The normalized spacial score (nSPS) is 16.6. The molecule has 5 heteroatoms. The first kappa shape index (κ1) is 13.0. The Labute approximate surface area is 104 Å². The van der Waals surface area contributed by atoms with Gasteiger partial charge in [-0.25, -0.2) is 8.78 Å². The van der Waals surface area contributed by atoms with E-state index in [9.17, 15) is 13.6 Å². The van der Waals surface area contributed by atoms with E-state index < -0.39 is 11.6 Å². The Balaban J connectivity index is 2.28. The van der Waals surface area contributed by atoms with Crippen molar-refractivity contribution in [1.82, 2.24) is 0 Å². The first-order chi connectivity index (χ1) is 8.63. The van der Waals surface area contributed by atoms with Crippen LogP contribution in [0.25, 0.3) is 0 Å². The average molecular weight is 255 g/mol. The number of carbonyl (C=O) groups excluding carboxylic acids is 1. The van der Waals surface area contributed by atoms with Crippen LogP contribution < -0.4 is 4.90 Å². The van der Waals surface area contributed by atoms with Crippen molar-refractivity contribution >= 4 is 12.0 Å². The van der Waals surface area contributed by atoms with Crippen molar-refractivity contribution in [3.63, 3.8) is 0 Å². The molecule has 1 aromatic carbocycles. The molecule has 0 atom stereocenters. The molecule has 0 aliphatic carbocycles. The van der Waals surface area contributed by atoms with E-state index in [1.807, 2.05) is 0 Å². The first-order valence-electron chi connectivity index (χ1n) is 5.88. The van der Waals surface area contributed by atoms with Gasteiger partial charge in [0.25, 0.3) is 0 Å². The summed E-state index contributed by atoms with van der Waals surface area (Å²) >= 11 is 0. The number of ether oxygens (including phenoxy) is 1. The maximum atomic E-state index is 13.8. The highest BCUT2D eigenvalue weighted by Gasteiger charge is 2.23. The number of hydrogen-bond donors (Lipinski definition) is 0. The van der Waals surface area contributed by atoms with Gasteiger partial charge in [0.2, 0.25) is 0 Å². The van der Waals surface area contributed by atoms with Crippen LogP contribution in [-0.2, 0) is 4.74 Å². The van der Waals surface area contributed by atoms with Crippen LogP contribution in [0.1, 0.15) is 23.2 Å². The molecule has 0 aromatic heterocycles. The summed E-state index contributed by atoms with van der Waals surface area (Å²) in [4.78, 5) is 12.1. The highest BCUT2D eigenvalue weighted by molar-refractivity contribution is 5.76. The van der Waals surface area contributed by atoms with Crippen LogP contribution in [0.3, 0.4) is 0 Å². The third-order valence-corrected chi connectivity index (χ3v) is 3.27. The maximum Gasteiger partial charge on any atom is 0.150 e. The van der Waals surface area contributed by atoms with Crippen LogP contribution >= 0.6 is 0 Å². The van der Waals surface area contributed by atoms with Gasteiger partial charge in [-0.1, -0.05) is 0 Å². The molecular weight excluding hydrogens is 240 g/mol. The minimum atomic E-state index is -0.703. The van der Waals surface area contributed by atoms with Crippen LogP contribution in [0.5, 0.6) is 0 Å². The highest BCUT2D eigenvalue weighted by Crippen LogP contribution is 2.27. The van der Waals surface area contributed by atoms with Gasteiger partial charge in [-0.2, -0.15) is 0 Å². The number of carbonyl (C=O) groups is 1. The second kappa shape index (κ2) is 5.44. The molecule has 1 fully saturated rings. The van der Waals surface area contributed by atoms with Gasteiger partial charge in [0.15, 0.2) is 0 Å². The molecule has 0 amide bonds. The molecule has 3 nitrogen and oxygen atoms in total.